The van der Waals surface area contributed by atoms with E-state index in [1.807, 2.05) is 27.7 Å². The number of hydrogen-bond acceptors (Lipinski definition) is 4. The third-order valence-electron chi connectivity index (χ3n) is 4.32. The van der Waals surface area contributed by atoms with Crippen LogP contribution in [0.1, 0.15) is 43.6 Å². The zero-order valence-corrected chi connectivity index (χ0v) is 18.1. The predicted molar refractivity (Wildman–Crippen MR) is 118 cm³/mol. The zero-order valence-electron chi connectivity index (χ0n) is 17.3. The average molecular weight is 415 g/mol. The molecule has 0 bridgehead atoms. The number of hydrogen-bond donors (Lipinski definition) is 1. The molecule has 1 aliphatic rings. The van der Waals surface area contributed by atoms with Crippen molar-refractivity contribution in [2.75, 3.05) is 6.26 Å². The Hall–Kier alpha value is -2.77. The summed E-state index contributed by atoms with van der Waals surface area (Å²) in [6, 6.07) is 13.9. The smallest absolute Gasteiger partial charge is 0.260 e. The molecule has 0 radical (unpaired) electrons. The SMILES string of the molecule is CC.CC.CS(=O)(=O)NCn1c2c(c3ccccc3c1=O)C(=O)c1ccccc1-2. The molecule has 6 nitrogen and oxygen atoms in total. The zero-order chi connectivity index (χ0) is 21.8. The van der Waals surface area contributed by atoms with E-state index in [2.05, 4.69) is 4.72 Å². The van der Waals surface area contributed by atoms with Gasteiger partial charge in [0.15, 0.2) is 5.78 Å². The van der Waals surface area contributed by atoms with Gasteiger partial charge in [-0.2, -0.15) is 4.72 Å². The minimum atomic E-state index is -3.50. The van der Waals surface area contributed by atoms with Gasteiger partial charge in [0.05, 0.1) is 24.2 Å². The van der Waals surface area contributed by atoms with Gasteiger partial charge in [-0.3, -0.25) is 14.2 Å². The molecule has 0 atom stereocenters. The van der Waals surface area contributed by atoms with Gasteiger partial charge in [-0.05, 0) is 6.07 Å². The lowest BCUT2D eigenvalue weighted by Crippen LogP contribution is -2.33. The van der Waals surface area contributed by atoms with Crippen molar-refractivity contribution in [3.8, 4) is 11.3 Å². The highest BCUT2D eigenvalue weighted by Crippen LogP contribution is 2.38. The van der Waals surface area contributed by atoms with Crippen LogP contribution in [-0.2, 0) is 16.7 Å². The van der Waals surface area contributed by atoms with Crippen molar-refractivity contribution in [2.45, 2.75) is 34.4 Å². The van der Waals surface area contributed by atoms with Crippen LogP contribution in [0.2, 0.25) is 0 Å². The summed E-state index contributed by atoms with van der Waals surface area (Å²) in [5.74, 6) is -0.157. The van der Waals surface area contributed by atoms with Crippen molar-refractivity contribution < 1.29 is 13.2 Å². The summed E-state index contributed by atoms with van der Waals surface area (Å²) in [4.78, 5) is 25.9. The number of sulfonamides is 1. The van der Waals surface area contributed by atoms with Crippen molar-refractivity contribution in [3.05, 3.63) is 70.0 Å². The predicted octanol–water partition coefficient (Wildman–Crippen LogP) is 3.77. The molecule has 1 N–H and O–H groups in total. The quantitative estimate of drug-likeness (QED) is 0.553. The number of carbonyl (C=O) groups is 1. The fourth-order valence-corrected chi connectivity index (χ4v) is 3.63. The summed E-state index contributed by atoms with van der Waals surface area (Å²) < 4.78 is 26.7. The number of carbonyl (C=O) groups excluding carboxylic acids is 1. The Bertz CT molecular complexity index is 1210. The Kier molecular flexibility index (Phi) is 7.11. The molecule has 0 aliphatic heterocycles. The summed E-state index contributed by atoms with van der Waals surface area (Å²) in [7, 11) is -3.50. The number of nitrogens with one attached hydrogen (secondary N) is 1. The molecule has 3 aromatic rings. The van der Waals surface area contributed by atoms with Crippen LogP contribution in [0, 0.1) is 0 Å². The normalized spacial score (nSPS) is 11.7. The van der Waals surface area contributed by atoms with E-state index in [4.69, 9.17) is 0 Å². The lowest BCUT2D eigenvalue weighted by molar-refractivity contribution is 0.104. The third-order valence-corrected chi connectivity index (χ3v) is 4.97. The van der Waals surface area contributed by atoms with E-state index >= 15 is 0 Å². The first-order valence-electron chi connectivity index (χ1n) is 9.63. The van der Waals surface area contributed by atoms with Gasteiger partial charge >= 0.3 is 0 Å². The molecule has 0 unspecified atom stereocenters. The van der Waals surface area contributed by atoms with Gasteiger partial charge in [0.25, 0.3) is 5.56 Å². The van der Waals surface area contributed by atoms with Gasteiger partial charge in [0.2, 0.25) is 10.0 Å². The monoisotopic (exact) mass is 414 g/mol. The minimum absolute atomic E-state index is 0.157. The molecular formula is C22H26N2O4S. The second-order valence-corrected chi connectivity index (χ2v) is 7.78. The molecule has 4 rings (SSSR count). The second kappa shape index (κ2) is 9.15. The Labute approximate surface area is 171 Å². The van der Waals surface area contributed by atoms with E-state index in [1.165, 1.54) is 4.57 Å². The topological polar surface area (TPSA) is 85.2 Å². The van der Waals surface area contributed by atoms with Crippen LogP contribution in [0.15, 0.2) is 53.3 Å². The third kappa shape index (κ3) is 4.16. The molecule has 0 amide bonds. The fraction of sp³-hybridized carbons (Fsp3) is 0.273. The number of fused-ring (bicyclic) bond motifs is 5. The molecule has 0 saturated carbocycles. The van der Waals surface area contributed by atoms with Crippen LogP contribution < -0.4 is 10.3 Å². The van der Waals surface area contributed by atoms with E-state index in [1.54, 1.807) is 48.5 Å². The fourth-order valence-electron chi connectivity index (χ4n) is 3.26. The van der Waals surface area contributed by atoms with Gasteiger partial charge in [0, 0.05) is 21.9 Å². The molecule has 2 aromatic carbocycles. The number of rotatable bonds is 3. The Morgan fingerprint density at radius 1 is 0.828 bits per heavy atom. The van der Waals surface area contributed by atoms with Crippen LogP contribution in [0.5, 0.6) is 0 Å². The van der Waals surface area contributed by atoms with Crippen LogP contribution >= 0.6 is 0 Å². The first-order valence-corrected chi connectivity index (χ1v) is 11.5. The molecule has 0 saturated heterocycles. The molecule has 1 aliphatic carbocycles. The Morgan fingerprint density at radius 3 is 1.93 bits per heavy atom. The first kappa shape index (κ1) is 22.5. The summed E-state index contributed by atoms with van der Waals surface area (Å²) in [5, 5.41) is 0.969. The highest BCUT2D eigenvalue weighted by molar-refractivity contribution is 7.88. The molecule has 29 heavy (non-hydrogen) atoms. The molecule has 0 fully saturated rings. The average Bonchev–Trinajstić information content (AvgIpc) is 3.03. The van der Waals surface area contributed by atoms with Crippen LogP contribution in [-0.4, -0.2) is 25.0 Å². The number of nitrogens with zero attached hydrogens (tertiary/aromatic N) is 1. The molecule has 1 aromatic heterocycles. The number of aromatic nitrogens is 1. The van der Waals surface area contributed by atoms with Crippen molar-refractivity contribution in [3.63, 3.8) is 0 Å². The summed E-state index contributed by atoms with van der Waals surface area (Å²) >= 11 is 0. The van der Waals surface area contributed by atoms with E-state index in [9.17, 15) is 18.0 Å². The van der Waals surface area contributed by atoms with Crippen LogP contribution in [0.25, 0.3) is 22.0 Å². The van der Waals surface area contributed by atoms with E-state index in [-0.39, 0.29) is 18.0 Å². The van der Waals surface area contributed by atoms with Crippen molar-refractivity contribution in [1.82, 2.24) is 9.29 Å². The maximum absolute atomic E-state index is 12.9. The van der Waals surface area contributed by atoms with Crippen LogP contribution in [0.3, 0.4) is 0 Å². The summed E-state index contributed by atoms with van der Waals surface area (Å²) in [5.41, 5.74) is 1.71. The largest absolute Gasteiger partial charge is 0.293 e. The molecule has 0 spiro atoms. The second-order valence-electron chi connectivity index (χ2n) is 5.95. The maximum Gasteiger partial charge on any atom is 0.260 e. The van der Waals surface area contributed by atoms with Crippen molar-refractivity contribution in [1.29, 1.82) is 0 Å². The van der Waals surface area contributed by atoms with E-state index < -0.39 is 10.0 Å². The molecule has 7 heteroatoms. The van der Waals surface area contributed by atoms with Crippen LogP contribution in [0.4, 0.5) is 0 Å². The maximum atomic E-state index is 12.9. The Morgan fingerprint density at radius 2 is 1.34 bits per heavy atom. The Balaban J connectivity index is 0.000000707. The van der Waals surface area contributed by atoms with Gasteiger partial charge in [-0.25, -0.2) is 8.42 Å². The molecule has 1 heterocycles. The molecular weight excluding hydrogens is 388 g/mol. The highest BCUT2D eigenvalue weighted by Gasteiger charge is 2.32. The van der Waals surface area contributed by atoms with Gasteiger partial charge in [0.1, 0.15) is 0 Å². The van der Waals surface area contributed by atoms with Gasteiger partial charge in [-0.15, -0.1) is 0 Å². The van der Waals surface area contributed by atoms with Gasteiger partial charge < -0.3 is 0 Å². The summed E-state index contributed by atoms with van der Waals surface area (Å²) in [6.07, 6.45) is 1.03. The lowest BCUT2D eigenvalue weighted by Gasteiger charge is -2.15. The van der Waals surface area contributed by atoms with E-state index in [0.717, 1.165) is 6.26 Å². The standard InChI is InChI=1S/C18H14N2O4S.2C2H6/c1-25(23,24)19-10-20-16-12-7-3-4-8-13(12)17(21)15(16)11-6-2-5-9-14(11)18(20)22;2*1-2/h2-9,19H,10H2,1H3;2*1-2H3. The highest BCUT2D eigenvalue weighted by atomic mass is 32.2. The number of ketones is 1. The van der Waals surface area contributed by atoms with E-state index in [0.29, 0.717) is 33.2 Å². The minimum Gasteiger partial charge on any atom is -0.293 e. The van der Waals surface area contributed by atoms with Crippen molar-refractivity contribution >= 4 is 26.6 Å². The first-order chi connectivity index (χ1) is 13.9. The summed E-state index contributed by atoms with van der Waals surface area (Å²) in [6.45, 7) is 7.77. The van der Waals surface area contributed by atoms with Crippen molar-refractivity contribution in [2.24, 2.45) is 0 Å². The number of benzene rings is 2. The molecule has 154 valence electrons. The van der Waals surface area contributed by atoms with Gasteiger partial charge in [-0.1, -0.05) is 70.2 Å². The number of pyridine rings is 1. The lowest BCUT2D eigenvalue weighted by atomic mass is 10.0.